The lowest BCUT2D eigenvalue weighted by Gasteiger charge is -2.32. The summed E-state index contributed by atoms with van der Waals surface area (Å²) in [6.07, 6.45) is 15.8. The number of likely N-dealkylation sites (tertiary alicyclic amines) is 1. The summed E-state index contributed by atoms with van der Waals surface area (Å²) in [6, 6.07) is 8.45. The first-order valence-corrected chi connectivity index (χ1v) is 13.6. The van der Waals surface area contributed by atoms with Gasteiger partial charge < -0.3 is 15.5 Å². The average Bonchev–Trinajstić information content (AvgIpc) is 2.83. The van der Waals surface area contributed by atoms with E-state index in [-0.39, 0.29) is 11.9 Å². The highest BCUT2D eigenvalue weighted by Gasteiger charge is 2.25. The van der Waals surface area contributed by atoms with Crippen molar-refractivity contribution in [3.63, 3.8) is 0 Å². The van der Waals surface area contributed by atoms with Crippen LogP contribution >= 0.6 is 0 Å². The minimum Gasteiger partial charge on any atom is -0.337 e. The summed E-state index contributed by atoms with van der Waals surface area (Å²) in [5, 5.41) is 0. The molecule has 0 spiro atoms. The second kappa shape index (κ2) is 12.9. The molecular formula is C32H45N3O. The van der Waals surface area contributed by atoms with Crippen LogP contribution in [0, 0.1) is 12.8 Å². The summed E-state index contributed by atoms with van der Waals surface area (Å²) in [5.74, 6) is 1.15. The number of carbonyl (C=O) groups excluding carboxylic acids is 1. The maximum Gasteiger partial charge on any atom is 0.254 e. The Labute approximate surface area is 218 Å². The number of carbonyl (C=O) groups is 1. The van der Waals surface area contributed by atoms with Crippen molar-refractivity contribution < 1.29 is 4.79 Å². The Morgan fingerprint density at radius 2 is 1.86 bits per heavy atom. The largest absolute Gasteiger partial charge is 0.337 e. The number of nitrogens with zero attached hydrogens (tertiary/aromatic N) is 2. The second-order valence-corrected chi connectivity index (χ2v) is 10.5. The van der Waals surface area contributed by atoms with E-state index >= 15 is 0 Å². The summed E-state index contributed by atoms with van der Waals surface area (Å²) < 4.78 is 0. The molecule has 1 atom stereocenters. The zero-order chi connectivity index (χ0) is 26.2. The van der Waals surface area contributed by atoms with Crippen LogP contribution in [0.2, 0.25) is 0 Å². The zero-order valence-corrected chi connectivity index (χ0v) is 23.0. The van der Waals surface area contributed by atoms with Crippen molar-refractivity contribution in [3.8, 4) is 0 Å². The number of amides is 1. The fraction of sp³-hybridized carbons (Fsp3) is 0.469. The molecule has 1 aliphatic carbocycles. The molecule has 36 heavy (non-hydrogen) atoms. The van der Waals surface area contributed by atoms with Crippen LogP contribution in [0.25, 0.3) is 6.08 Å². The lowest BCUT2D eigenvalue weighted by Crippen LogP contribution is -2.46. The van der Waals surface area contributed by atoms with Crippen LogP contribution in [0.1, 0.15) is 77.3 Å². The summed E-state index contributed by atoms with van der Waals surface area (Å²) in [7, 11) is 0. The number of hydrogen-bond acceptors (Lipinski definition) is 3. The van der Waals surface area contributed by atoms with Crippen LogP contribution < -0.4 is 5.73 Å². The van der Waals surface area contributed by atoms with Crippen molar-refractivity contribution in [2.24, 2.45) is 11.7 Å². The van der Waals surface area contributed by atoms with Gasteiger partial charge in [-0.3, -0.25) is 4.79 Å². The van der Waals surface area contributed by atoms with Gasteiger partial charge in [0.1, 0.15) is 0 Å². The Kier molecular flexibility index (Phi) is 9.95. The van der Waals surface area contributed by atoms with Crippen molar-refractivity contribution in [1.29, 1.82) is 0 Å². The Morgan fingerprint density at radius 3 is 2.42 bits per heavy atom. The number of benzene rings is 1. The molecule has 4 nitrogen and oxygen atoms in total. The number of hydrogen-bond donors (Lipinski definition) is 1. The third-order valence-corrected chi connectivity index (χ3v) is 7.88. The van der Waals surface area contributed by atoms with E-state index in [4.69, 9.17) is 5.73 Å². The summed E-state index contributed by atoms with van der Waals surface area (Å²) in [6.45, 7) is 16.3. The van der Waals surface area contributed by atoms with Crippen molar-refractivity contribution in [1.82, 2.24) is 9.80 Å². The maximum absolute atomic E-state index is 12.9. The monoisotopic (exact) mass is 487 g/mol. The van der Waals surface area contributed by atoms with Gasteiger partial charge in [-0.25, -0.2) is 0 Å². The molecule has 1 saturated heterocycles. The van der Waals surface area contributed by atoms with Gasteiger partial charge in [0, 0.05) is 42.3 Å². The number of rotatable bonds is 5. The lowest BCUT2D eigenvalue weighted by atomic mass is 9.84. The number of nitrogens with two attached hydrogens (primary N) is 1. The predicted octanol–water partition coefficient (Wildman–Crippen LogP) is 7.11. The van der Waals surface area contributed by atoms with E-state index in [2.05, 4.69) is 71.5 Å². The number of allylic oxidation sites excluding steroid dienone is 4. The van der Waals surface area contributed by atoms with Crippen LogP contribution in [0.3, 0.4) is 0 Å². The summed E-state index contributed by atoms with van der Waals surface area (Å²) >= 11 is 0. The molecule has 1 saturated carbocycles. The number of piperidine rings is 1. The summed E-state index contributed by atoms with van der Waals surface area (Å²) in [5.41, 5.74) is 13.5. The van der Waals surface area contributed by atoms with E-state index in [0.717, 1.165) is 36.7 Å². The molecule has 2 fully saturated rings. The molecule has 0 bridgehead atoms. The molecule has 2 aliphatic heterocycles. The molecule has 1 aromatic rings. The summed E-state index contributed by atoms with van der Waals surface area (Å²) in [4.78, 5) is 16.8. The third kappa shape index (κ3) is 7.10. The van der Waals surface area contributed by atoms with Crippen molar-refractivity contribution in [3.05, 3.63) is 88.4 Å². The minimum atomic E-state index is 0.0381. The SMILES string of the molecule is C=C1C=C(C(=O)N2CCCC(N)C2)C=CN1/C(C)=C(C)/C(C)=C/c1ccccc1C.CCC1CCC1. The van der Waals surface area contributed by atoms with Gasteiger partial charge in [0.25, 0.3) is 5.91 Å². The van der Waals surface area contributed by atoms with E-state index in [1.807, 2.05) is 28.2 Å². The van der Waals surface area contributed by atoms with Gasteiger partial charge in [-0.05, 0) is 80.9 Å². The molecule has 0 radical (unpaired) electrons. The number of aryl methyl sites for hydroxylation is 1. The molecule has 1 unspecified atom stereocenters. The molecule has 194 valence electrons. The van der Waals surface area contributed by atoms with E-state index in [1.165, 1.54) is 48.0 Å². The fourth-order valence-electron chi connectivity index (χ4n) is 4.84. The van der Waals surface area contributed by atoms with Crippen molar-refractivity contribution in [2.45, 2.75) is 79.2 Å². The molecule has 1 amide bonds. The second-order valence-electron chi connectivity index (χ2n) is 10.5. The van der Waals surface area contributed by atoms with Crippen LogP contribution in [0.15, 0.2) is 77.3 Å². The van der Waals surface area contributed by atoms with Crippen LogP contribution in [-0.4, -0.2) is 34.8 Å². The van der Waals surface area contributed by atoms with E-state index in [0.29, 0.717) is 12.1 Å². The van der Waals surface area contributed by atoms with E-state index in [1.54, 1.807) is 0 Å². The smallest absolute Gasteiger partial charge is 0.254 e. The highest BCUT2D eigenvalue weighted by atomic mass is 16.2. The average molecular weight is 488 g/mol. The first kappa shape index (κ1) is 27.7. The Bertz CT molecular complexity index is 1070. The van der Waals surface area contributed by atoms with Gasteiger partial charge in [-0.15, -0.1) is 0 Å². The highest BCUT2D eigenvalue weighted by Crippen LogP contribution is 2.29. The van der Waals surface area contributed by atoms with Gasteiger partial charge >= 0.3 is 0 Å². The molecule has 4 rings (SSSR count). The Balaban J connectivity index is 0.000000526. The molecule has 4 heteroatoms. The molecule has 3 aliphatic rings. The molecular weight excluding hydrogens is 442 g/mol. The quantitative estimate of drug-likeness (QED) is 0.450. The molecule has 1 aromatic carbocycles. The Morgan fingerprint density at radius 1 is 1.14 bits per heavy atom. The molecule has 2 N–H and O–H groups in total. The highest BCUT2D eigenvalue weighted by molar-refractivity contribution is 5.97. The fourth-order valence-corrected chi connectivity index (χ4v) is 4.84. The van der Waals surface area contributed by atoms with Gasteiger partial charge in [-0.2, -0.15) is 0 Å². The van der Waals surface area contributed by atoms with Gasteiger partial charge in [0.2, 0.25) is 0 Å². The predicted molar refractivity (Wildman–Crippen MR) is 153 cm³/mol. The first-order chi connectivity index (χ1) is 17.2. The van der Waals surface area contributed by atoms with Crippen molar-refractivity contribution >= 4 is 12.0 Å². The topological polar surface area (TPSA) is 49.6 Å². The lowest BCUT2D eigenvalue weighted by molar-refractivity contribution is -0.127. The van der Waals surface area contributed by atoms with Crippen LogP contribution in [0.5, 0.6) is 0 Å². The van der Waals surface area contributed by atoms with Gasteiger partial charge in [-0.1, -0.05) is 69.5 Å². The van der Waals surface area contributed by atoms with Crippen LogP contribution in [0.4, 0.5) is 0 Å². The van der Waals surface area contributed by atoms with Gasteiger partial charge in [0.05, 0.1) is 0 Å². The molecule has 0 aromatic heterocycles. The minimum absolute atomic E-state index is 0.0381. The first-order valence-electron chi connectivity index (χ1n) is 13.6. The molecule has 2 heterocycles. The standard InChI is InChI=1S/C26H33N3O.C6H12/c1-18-9-6-7-10-23(18)15-19(2)21(4)22(5)29-14-12-24(16-20(29)3)26(30)28-13-8-11-25(27)17-28;1-2-6-4-3-5-6/h6-7,9-10,12,14-16,25H,3,8,11,13,17,27H2,1-2,4-5H3;6H,2-5H2,1H3/b19-15+,22-21+;. The van der Waals surface area contributed by atoms with Gasteiger partial charge in [0.15, 0.2) is 0 Å². The maximum atomic E-state index is 12.9. The Hall–Kier alpha value is -2.85. The third-order valence-electron chi connectivity index (χ3n) is 7.88. The van der Waals surface area contributed by atoms with Crippen molar-refractivity contribution in [2.75, 3.05) is 13.1 Å². The van der Waals surface area contributed by atoms with Crippen LogP contribution in [-0.2, 0) is 4.79 Å². The zero-order valence-electron chi connectivity index (χ0n) is 23.0. The normalized spacial score (nSPS) is 21.3. The van der Waals surface area contributed by atoms with E-state index in [9.17, 15) is 4.79 Å². The van der Waals surface area contributed by atoms with E-state index < -0.39 is 0 Å².